The minimum absolute atomic E-state index is 0.710. The third kappa shape index (κ3) is 3.40. The van der Waals surface area contributed by atoms with Gasteiger partial charge in [-0.05, 0) is 31.9 Å². The molecule has 0 amide bonds. The van der Waals surface area contributed by atoms with Crippen LogP contribution in [0.4, 0.5) is 0 Å². The van der Waals surface area contributed by atoms with Crippen molar-refractivity contribution in [1.82, 2.24) is 0 Å². The van der Waals surface area contributed by atoms with Crippen LogP contribution in [0.25, 0.3) is 0 Å². The predicted octanol–water partition coefficient (Wildman–Crippen LogP) is -3.95. The fourth-order valence-corrected chi connectivity index (χ4v) is 3.86. The van der Waals surface area contributed by atoms with E-state index < -0.39 is 71.4 Å². The smallest absolute Gasteiger partial charge is 0.272 e. The van der Waals surface area contributed by atoms with Crippen LogP contribution in [0.3, 0.4) is 0 Å². The molecule has 0 aliphatic carbocycles. The van der Waals surface area contributed by atoms with Crippen molar-refractivity contribution >= 4 is 31.9 Å². The van der Waals surface area contributed by atoms with Crippen LogP contribution in [0.15, 0.2) is 0 Å². The van der Waals surface area contributed by atoms with Gasteiger partial charge in [0.2, 0.25) is 10.3 Å². The van der Waals surface area contributed by atoms with Gasteiger partial charge >= 0.3 is 0 Å². The first kappa shape index (κ1) is 21.8. The topological polar surface area (TPSA) is 190 Å². The standard InChI is InChI=1S/C12H20Br2O11/c13-11(22)9(21)7(19)5(2-16)24-12(11,14)25-10(3-17)8(20)6(18)4(1-15)23-10/h4-9,15-22H,1-3H2/t4-,5-,6-,7-,8+,9+,10?,11-,12-/m1/s1. The van der Waals surface area contributed by atoms with E-state index in [0.717, 1.165) is 0 Å². The highest BCUT2D eigenvalue weighted by Crippen LogP contribution is 2.50. The lowest BCUT2D eigenvalue weighted by atomic mass is 9.98. The summed E-state index contributed by atoms with van der Waals surface area (Å²) in [6, 6.07) is 0. The molecule has 2 heterocycles. The summed E-state index contributed by atoms with van der Waals surface area (Å²) in [6.07, 6.45) is -9.88. The van der Waals surface area contributed by atoms with Crippen LogP contribution < -0.4 is 0 Å². The second kappa shape index (κ2) is 7.50. The Labute approximate surface area is 158 Å². The van der Waals surface area contributed by atoms with Crippen molar-refractivity contribution < 1.29 is 55.1 Å². The fourth-order valence-electron chi connectivity index (χ4n) is 2.67. The van der Waals surface area contributed by atoms with Crippen molar-refractivity contribution in [2.45, 2.75) is 51.6 Å². The molecule has 2 saturated heterocycles. The lowest BCUT2D eigenvalue weighted by Crippen LogP contribution is -2.71. The third-order valence-electron chi connectivity index (χ3n) is 4.21. The van der Waals surface area contributed by atoms with Crippen LogP contribution in [0.2, 0.25) is 0 Å². The van der Waals surface area contributed by atoms with Gasteiger partial charge in [0, 0.05) is 0 Å². The Kier molecular flexibility index (Phi) is 6.55. The molecule has 2 fully saturated rings. The summed E-state index contributed by atoms with van der Waals surface area (Å²) in [6.45, 7) is -2.52. The van der Waals surface area contributed by atoms with E-state index in [1.54, 1.807) is 0 Å². The van der Waals surface area contributed by atoms with Crippen LogP contribution in [0.5, 0.6) is 0 Å². The van der Waals surface area contributed by atoms with Crippen LogP contribution in [0.1, 0.15) is 0 Å². The Morgan fingerprint density at radius 1 is 0.840 bits per heavy atom. The molecule has 11 nitrogen and oxygen atoms in total. The minimum atomic E-state index is -2.53. The first-order chi connectivity index (χ1) is 11.5. The first-order valence-electron chi connectivity index (χ1n) is 7.20. The summed E-state index contributed by atoms with van der Waals surface area (Å²) in [5, 5.41) is 78.5. The number of aliphatic hydroxyl groups is 8. The summed E-state index contributed by atoms with van der Waals surface area (Å²) in [4.78, 5) is 0. The second-order valence-electron chi connectivity index (χ2n) is 5.83. The lowest BCUT2D eigenvalue weighted by molar-refractivity contribution is -0.401. The van der Waals surface area contributed by atoms with E-state index in [1.807, 2.05) is 0 Å². The van der Waals surface area contributed by atoms with E-state index >= 15 is 0 Å². The highest BCUT2D eigenvalue weighted by atomic mass is 79.9. The van der Waals surface area contributed by atoms with Gasteiger partial charge < -0.3 is 50.3 Å². The van der Waals surface area contributed by atoms with Gasteiger partial charge in [-0.15, -0.1) is 0 Å². The number of aliphatic hydroxyl groups excluding tert-OH is 7. The summed E-state index contributed by atoms with van der Waals surface area (Å²) in [5.41, 5.74) is 0. The summed E-state index contributed by atoms with van der Waals surface area (Å²) in [7, 11) is 0. The maximum Gasteiger partial charge on any atom is 0.272 e. The molecule has 2 aliphatic heterocycles. The van der Waals surface area contributed by atoms with Crippen molar-refractivity contribution in [1.29, 1.82) is 0 Å². The number of rotatable bonds is 5. The predicted molar refractivity (Wildman–Crippen MR) is 84.4 cm³/mol. The van der Waals surface area contributed by atoms with Gasteiger partial charge in [-0.25, -0.2) is 0 Å². The molecule has 8 N–H and O–H groups in total. The molecule has 0 spiro atoms. The molecule has 0 saturated carbocycles. The van der Waals surface area contributed by atoms with Gasteiger partial charge in [-0.1, -0.05) is 0 Å². The van der Waals surface area contributed by atoms with Gasteiger partial charge in [0.1, 0.15) is 43.2 Å². The quantitative estimate of drug-likeness (QED) is 0.172. The molecule has 13 heteroatoms. The Morgan fingerprint density at radius 3 is 1.76 bits per heavy atom. The Balaban J connectivity index is 2.37. The molecule has 2 rings (SSSR count). The summed E-state index contributed by atoms with van der Waals surface area (Å²) >= 11 is 5.61. The minimum Gasteiger partial charge on any atom is -0.394 e. The van der Waals surface area contributed by atoms with Crippen molar-refractivity contribution in [3.63, 3.8) is 0 Å². The van der Waals surface area contributed by atoms with E-state index in [0.29, 0.717) is 0 Å². The molecule has 148 valence electrons. The Bertz CT molecular complexity index is 482. The monoisotopic (exact) mass is 498 g/mol. The van der Waals surface area contributed by atoms with Crippen LogP contribution in [0, 0.1) is 0 Å². The first-order valence-corrected chi connectivity index (χ1v) is 8.79. The van der Waals surface area contributed by atoms with Gasteiger partial charge in [0.05, 0.1) is 13.2 Å². The van der Waals surface area contributed by atoms with E-state index in [1.165, 1.54) is 0 Å². The zero-order valence-electron chi connectivity index (χ0n) is 12.6. The van der Waals surface area contributed by atoms with Gasteiger partial charge in [0.25, 0.3) is 4.70 Å². The average molecular weight is 500 g/mol. The molecule has 25 heavy (non-hydrogen) atoms. The van der Waals surface area contributed by atoms with Crippen LogP contribution >= 0.6 is 31.9 Å². The molecule has 2 aliphatic rings. The maximum absolute atomic E-state index is 10.5. The van der Waals surface area contributed by atoms with Crippen molar-refractivity contribution in [3.8, 4) is 0 Å². The number of halogens is 2. The van der Waals surface area contributed by atoms with Crippen LogP contribution in [-0.4, -0.2) is 112 Å². The molecule has 1 unspecified atom stereocenters. The largest absolute Gasteiger partial charge is 0.394 e. The number of alkyl halides is 2. The highest BCUT2D eigenvalue weighted by molar-refractivity contribution is 9.12. The van der Waals surface area contributed by atoms with Crippen molar-refractivity contribution in [2.75, 3.05) is 19.8 Å². The number of hydrogen-bond acceptors (Lipinski definition) is 11. The summed E-state index contributed by atoms with van der Waals surface area (Å²) < 4.78 is 10.9. The molecule has 0 aromatic heterocycles. The SMILES string of the molecule is OC[C@H]1OC(CO)(O[C@]2(Br)O[C@H](CO)[C@@H](O)[C@H](O)[C@]2(O)Br)[C@@H](O)[C@@H]1O. The van der Waals surface area contributed by atoms with E-state index in [4.69, 9.17) is 14.2 Å². The zero-order valence-corrected chi connectivity index (χ0v) is 15.8. The lowest BCUT2D eigenvalue weighted by Gasteiger charge is -2.51. The van der Waals surface area contributed by atoms with Gasteiger partial charge in [0.15, 0.2) is 0 Å². The molecule has 9 atom stereocenters. The van der Waals surface area contributed by atoms with Gasteiger partial charge in [-0.2, -0.15) is 0 Å². The molecule has 0 aromatic carbocycles. The Hall–Kier alpha value is 0.520. The summed E-state index contributed by atoms with van der Waals surface area (Å²) in [5.74, 6) is -2.36. The van der Waals surface area contributed by atoms with E-state index in [2.05, 4.69) is 31.9 Å². The molecule has 0 bridgehead atoms. The zero-order chi connectivity index (χ0) is 19.2. The van der Waals surface area contributed by atoms with E-state index in [9.17, 15) is 40.9 Å². The van der Waals surface area contributed by atoms with Crippen molar-refractivity contribution in [3.05, 3.63) is 0 Å². The van der Waals surface area contributed by atoms with Crippen LogP contribution in [-0.2, 0) is 14.2 Å². The number of ether oxygens (including phenoxy) is 3. The normalized spacial score (nSPS) is 54.0. The second-order valence-corrected chi connectivity index (χ2v) is 8.08. The Morgan fingerprint density at radius 2 is 1.32 bits per heavy atom. The number of hydrogen-bond donors (Lipinski definition) is 8. The van der Waals surface area contributed by atoms with E-state index in [-0.39, 0.29) is 0 Å². The maximum atomic E-state index is 10.5. The fraction of sp³-hybridized carbons (Fsp3) is 1.00. The molecule has 0 aromatic rings. The molecule has 0 radical (unpaired) electrons. The molecular weight excluding hydrogens is 480 g/mol. The van der Waals surface area contributed by atoms with Crippen molar-refractivity contribution in [2.24, 2.45) is 0 Å². The highest BCUT2D eigenvalue weighted by Gasteiger charge is 2.68. The average Bonchev–Trinajstić information content (AvgIpc) is 2.82. The third-order valence-corrected chi connectivity index (χ3v) is 6.68. The molecular formula is C12H20Br2O11. The van der Waals surface area contributed by atoms with Gasteiger partial charge in [-0.3, -0.25) is 4.74 Å².